The molecule has 6 nitrogen and oxygen atoms in total. The van der Waals surface area contributed by atoms with Crippen molar-refractivity contribution in [3.05, 3.63) is 58.1 Å². The van der Waals surface area contributed by atoms with Crippen molar-refractivity contribution >= 4 is 40.8 Å². The van der Waals surface area contributed by atoms with Crippen LogP contribution in [0.3, 0.4) is 0 Å². The van der Waals surface area contributed by atoms with Crippen molar-refractivity contribution < 1.29 is 18.8 Å². The van der Waals surface area contributed by atoms with Crippen LogP contribution in [0.4, 0.5) is 5.69 Å². The fourth-order valence-electron chi connectivity index (χ4n) is 5.95. The third-order valence-corrected chi connectivity index (χ3v) is 9.86. The fourth-order valence-corrected chi connectivity index (χ4v) is 6.73. The van der Waals surface area contributed by atoms with Gasteiger partial charge in [-0.1, -0.05) is 22.1 Å². The van der Waals surface area contributed by atoms with Gasteiger partial charge in [0.2, 0.25) is 0 Å². The van der Waals surface area contributed by atoms with Crippen LogP contribution in [0.25, 0.3) is 0 Å². The molecule has 5 rings (SSSR count). The number of ether oxygens (including phenoxy) is 2. The quantitative estimate of drug-likeness (QED) is 0.250. The Morgan fingerprint density at radius 1 is 1.29 bits per heavy atom. The van der Waals surface area contributed by atoms with Crippen molar-refractivity contribution in [3.8, 4) is 5.75 Å². The third-order valence-electron chi connectivity index (χ3n) is 8.26. The molecule has 1 fully saturated rings. The van der Waals surface area contributed by atoms with Crippen LogP contribution in [0.2, 0.25) is 5.02 Å². The zero-order valence-electron chi connectivity index (χ0n) is 22.7. The van der Waals surface area contributed by atoms with Crippen LogP contribution in [-0.4, -0.2) is 48.3 Å². The monoisotopic (exact) mass is 556 g/mol. The molecule has 0 bridgehead atoms. The van der Waals surface area contributed by atoms with E-state index in [9.17, 15) is 9.35 Å². The van der Waals surface area contributed by atoms with Crippen molar-refractivity contribution in [1.29, 1.82) is 0 Å². The lowest BCUT2D eigenvalue weighted by atomic mass is 9.69. The number of fused-ring (bicyclic) bond motifs is 3. The van der Waals surface area contributed by atoms with Gasteiger partial charge in [-0.05, 0) is 100 Å². The molecule has 0 N–H and O–H groups in total. The molecule has 3 aliphatic rings. The van der Waals surface area contributed by atoms with Crippen LogP contribution < -0.4 is 9.64 Å². The predicted octanol–water partition coefficient (Wildman–Crippen LogP) is 6.16. The average molecular weight is 557 g/mol. The number of esters is 1. The average Bonchev–Trinajstić information content (AvgIpc) is 3.02. The summed E-state index contributed by atoms with van der Waals surface area (Å²) in [5.41, 5.74) is 3.87. The number of halogens is 1. The van der Waals surface area contributed by atoms with Crippen LogP contribution in [0.15, 0.2) is 40.8 Å². The third kappa shape index (κ3) is 5.43. The summed E-state index contributed by atoms with van der Waals surface area (Å²) < 4.78 is 28.1. The van der Waals surface area contributed by atoms with Gasteiger partial charge in [0.15, 0.2) is 0 Å². The van der Waals surface area contributed by atoms with Crippen molar-refractivity contribution in [3.63, 3.8) is 0 Å². The molecule has 1 aliphatic heterocycles. The van der Waals surface area contributed by atoms with Gasteiger partial charge in [-0.15, -0.1) is 0 Å². The van der Waals surface area contributed by atoms with E-state index in [2.05, 4.69) is 21.4 Å². The molecule has 0 amide bonds. The highest BCUT2D eigenvalue weighted by atomic mass is 35.5. The zero-order chi connectivity index (χ0) is 27.1. The number of rotatable bonds is 5. The second kappa shape index (κ2) is 10.7. The first-order chi connectivity index (χ1) is 18.1. The number of carbonyl (C=O) groups excluding carboxylic acids is 1. The number of carbonyl (C=O) groups is 1. The van der Waals surface area contributed by atoms with Gasteiger partial charge in [0.05, 0.1) is 31.2 Å². The standard InChI is InChI=1S/C30H37ClN2O4S/c1-29(2,3)38(35)32-16-22-7-8-23(22)17-33-18-30(13-5-6-20-14-24(31)10-11-25(20)30)19-37-27-12-9-21(15-26(27)33)28(34)36-4/h9-12,14-16,22-23H,5-8,13,17-19H2,1-4H3/b32-16+/t22-,23-,30-,38?/m0/s1. The van der Waals surface area contributed by atoms with E-state index >= 15 is 0 Å². The minimum absolute atomic E-state index is 0.177. The lowest BCUT2D eigenvalue weighted by Crippen LogP contribution is -2.48. The van der Waals surface area contributed by atoms with Crippen molar-refractivity contribution in [2.75, 3.05) is 31.7 Å². The van der Waals surface area contributed by atoms with E-state index in [-0.39, 0.29) is 22.0 Å². The van der Waals surface area contributed by atoms with E-state index in [4.69, 9.17) is 21.1 Å². The molecule has 1 heterocycles. The molecule has 2 aromatic rings. The number of nitrogens with zero attached hydrogens (tertiary/aromatic N) is 2. The van der Waals surface area contributed by atoms with Gasteiger partial charge in [-0.25, -0.2) is 4.79 Å². The summed E-state index contributed by atoms with van der Waals surface area (Å²) in [6, 6.07) is 11.8. The first-order valence-electron chi connectivity index (χ1n) is 13.4. The molecular formula is C30H37ClN2O4S. The Morgan fingerprint density at radius 2 is 2.11 bits per heavy atom. The van der Waals surface area contributed by atoms with Crippen LogP contribution >= 0.6 is 11.6 Å². The van der Waals surface area contributed by atoms with Gasteiger partial charge >= 0.3 is 5.97 Å². The molecule has 1 unspecified atom stereocenters. The highest BCUT2D eigenvalue weighted by Crippen LogP contribution is 2.46. The number of anilines is 1. The molecule has 0 radical (unpaired) electrons. The molecule has 8 heteroatoms. The topological polar surface area (TPSA) is 74.2 Å². The lowest BCUT2D eigenvalue weighted by molar-refractivity contribution is 0.0600. The summed E-state index contributed by atoms with van der Waals surface area (Å²) in [4.78, 5) is 14.8. The molecule has 2 aliphatic carbocycles. The number of aryl methyl sites for hydroxylation is 1. The highest BCUT2D eigenvalue weighted by Gasteiger charge is 2.43. The maximum absolute atomic E-state index is 12.5. The van der Waals surface area contributed by atoms with Crippen molar-refractivity contribution in [1.82, 2.24) is 0 Å². The molecule has 0 saturated heterocycles. The maximum Gasteiger partial charge on any atom is 0.337 e. The highest BCUT2D eigenvalue weighted by molar-refractivity contribution is 7.91. The Morgan fingerprint density at radius 3 is 2.82 bits per heavy atom. The summed E-state index contributed by atoms with van der Waals surface area (Å²) in [7, 11) is 1.40. The molecule has 1 saturated carbocycles. The predicted molar refractivity (Wildman–Crippen MR) is 154 cm³/mol. The summed E-state index contributed by atoms with van der Waals surface area (Å²) in [5, 5.41) is 0.766. The van der Waals surface area contributed by atoms with E-state index in [1.165, 1.54) is 18.2 Å². The lowest BCUT2D eigenvalue weighted by Gasteiger charge is -2.43. The molecule has 0 aromatic heterocycles. The molecule has 4 atom stereocenters. The van der Waals surface area contributed by atoms with E-state index < -0.39 is 11.4 Å². The largest absolute Gasteiger partial charge is 0.591 e. The summed E-state index contributed by atoms with van der Waals surface area (Å²) in [5.74, 6) is 1.09. The van der Waals surface area contributed by atoms with Gasteiger partial charge in [-0.3, -0.25) is 0 Å². The SMILES string of the molecule is COC(=O)c1ccc2c(c1)N(C[C@@H]1CC[C@H]1/C=N/[S+]([O-])C(C)(C)C)C[C@@]1(CCCc3cc(Cl)ccc31)CO2. The summed E-state index contributed by atoms with van der Waals surface area (Å²) in [6.07, 6.45) is 7.16. The zero-order valence-corrected chi connectivity index (χ0v) is 24.2. The van der Waals surface area contributed by atoms with E-state index in [0.717, 1.165) is 61.7 Å². The second-order valence-corrected chi connectivity index (χ2v) is 14.3. The first-order valence-corrected chi connectivity index (χ1v) is 14.9. The van der Waals surface area contributed by atoms with Crippen molar-refractivity contribution in [2.24, 2.45) is 16.2 Å². The molecule has 2 aromatic carbocycles. The van der Waals surface area contributed by atoms with Gasteiger partial charge in [0.1, 0.15) is 21.9 Å². The Hall–Kier alpha value is -2.22. The Balaban J connectivity index is 1.48. The fraction of sp³-hybridized carbons (Fsp3) is 0.533. The minimum atomic E-state index is -1.26. The van der Waals surface area contributed by atoms with Gasteiger partial charge < -0.3 is 18.9 Å². The minimum Gasteiger partial charge on any atom is -0.591 e. The van der Waals surface area contributed by atoms with Gasteiger partial charge in [0.25, 0.3) is 0 Å². The number of hydrogen-bond donors (Lipinski definition) is 0. The number of methoxy groups -OCH3 is 1. The Labute approximate surface area is 234 Å². The molecule has 38 heavy (non-hydrogen) atoms. The second-order valence-electron chi connectivity index (χ2n) is 11.9. The smallest absolute Gasteiger partial charge is 0.337 e. The molecular weight excluding hydrogens is 520 g/mol. The Bertz CT molecular complexity index is 1230. The van der Waals surface area contributed by atoms with Gasteiger partial charge in [-0.2, -0.15) is 0 Å². The maximum atomic E-state index is 12.5. The van der Waals surface area contributed by atoms with Crippen LogP contribution in [-0.2, 0) is 27.9 Å². The van der Waals surface area contributed by atoms with E-state index in [0.29, 0.717) is 18.1 Å². The van der Waals surface area contributed by atoms with Crippen LogP contribution in [0, 0.1) is 11.8 Å². The first kappa shape index (κ1) is 27.4. The number of hydrogen-bond acceptors (Lipinski definition) is 6. The van der Waals surface area contributed by atoms with Gasteiger partial charge in [0, 0.05) is 29.4 Å². The molecule has 1 spiro atoms. The van der Waals surface area contributed by atoms with E-state index in [1.54, 1.807) is 6.07 Å². The summed E-state index contributed by atoms with van der Waals surface area (Å²) >= 11 is 5.11. The van der Waals surface area contributed by atoms with Crippen LogP contribution in [0.1, 0.15) is 67.9 Å². The normalized spacial score (nSPS) is 25.7. The van der Waals surface area contributed by atoms with Crippen LogP contribution in [0.5, 0.6) is 5.75 Å². The Kier molecular flexibility index (Phi) is 7.73. The van der Waals surface area contributed by atoms with Crippen molar-refractivity contribution in [2.45, 2.75) is 63.0 Å². The van der Waals surface area contributed by atoms with E-state index in [1.807, 2.05) is 45.2 Å². The molecule has 204 valence electrons. The summed E-state index contributed by atoms with van der Waals surface area (Å²) in [6.45, 7) is 8.00. The number of benzene rings is 2.